The molecule has 2 aliphatic heterocycles. The first-order chi connectivity index (χ1) is 17.1. The monoisotopic (exact) mass is 479 g/mol. The van der Waals surface area contributed by atoms with Crippen LogP contribution in [0.3, 0.4) is 0 Å². The zero-order chi connectivity index (χ0) is 24.4. The van der Waals surface area contributed by atoms with Crippen molar-refractivity contribution in [2.24, 2.45) is 0 Å². The molecule has 2 aliphatic rings. The van der Waals surface area contributed by atoms with Crippen molar-refractivity contribution in [3.63, 3.8) is 0 Å². The van der Waals surface area contributed by atoms with E-state index in [1.807, 2.05) is 28.9 Å². The van der Waals surface area contributed by atoms with Crippen LogP contribution in [0.1, 0.15) is 52.1 Å². The molecule has 9 nitrogen and oxygen atoms in total. The Morgan fingerprint density at radius 1 is 1.26 bits per heavy atom. The number of carbonyl (C=O) groups is 2. The second kappa shape index (κ2) is 10.2. The van der Waals surface area contributed by atoms with Gasteiger partial charge in [-0.25, -0.2) is 0 Å². The number of nitrogens with zero attached hydrogens (tertiary/aromatic N) is 4. The maximum absolute atomic E-state index is 13.3. The third-order valence-electron chi connectivity index (χ3n) is 7.18. The van der Waals surface area contributed by atoms with Crippen LogP contribution in [0.2, 0.25) is 0 Å². The molecule has 1 atom stereocenters. The molecule has 0 bridgehead atoms. The third kappa shape index (κ3) is 4.70. The third-order valence-corrected chi connectivity index (χ3v) is 7.18. The molecule has 0 spiro atoms. The number of para-hydroxylation sites is 1. The molecule has 5 rings (SSSR count). The fourth-order valence-corrected chi connectivity index (χ4v) is 5.29. The minimum Gasteiger partial charge on any atom is -0.451 e. The van der Waals surface area contributed by atoms with E-state index in [2.05, 4.69) is 22.2 Å². The highest BCUT2D eigenvalue weighted by Gasteiger charge is 2.32. The number of benzene rings is 1. The van der Waals surface area contributed by atoms with E-state index < -0.39 is 0 Å². The molecule has 0 aliphatic carbocycles. The van der Waals surface area contributed by atoms with E-state index in [-0.39, 0.29) is 11.8 Å². The van der Waals surface area contributed by atoms with Crippen LogP contribution in [-0.4, -0.2) is 77.3 Å². The maximum Gasteiger partial charge on any atom is 0.289 e. The maximum atomic E-state index is 13.3. The van der Waals surface area contributed by atoms with Crippen LogP contribution in [0, 0.1) is 0 Å². The molecule has 3 aromatic rings. The number of aromatic nitrogens is 2. The smallest absolute Gasteiger partial charge is 0.289 e. The number of fused-ring (bicyclic) bond motifs is 2. The van der Waals surface area contributed by atoms with Gasteiger partial charge in [0, 0.05) is 49.3 Å². The molecule has 2 amide bonds. The summed E-state index contributed by atoms with van der Waals surface area (Å²) in [5.74, 6) is -0.0425. The van der Waals surface area contributed by atoms with Gasteiger partial charge in [-0.2, -0.15) is 5.10 Å². The number of hydrogen-bond acceptors (Lipinski definition) is 6. The lowest BCUT2D eigenvalue weighted by atomic mass is 10.0. The molecule has 1 fully saturated rings. The fourth-order valence-electron chi connectivity index (χ4n) is 5.29. The predicted octanol–water partition coefficient (Wildman–Crippen LogP) is 2.69. The average molecular weight is 480 g/mol. The topological polar surface area (TPSA) is 92.8 Å². The van der Waals surface area contributed by atoms with Crippen molar-refractivity contribution in [3.8, 4) is 0 Å². The Kier molecular flexibility index (Phi) is 6.88. The zero-order valence-electron chi connectivity index (χ0n) is 20.5. The Hall–Kier alpha value is -3.17. The van der Waals surface area contributed by atoms with Crippen LogP contribution in [-0.2, 0) is 24.2 Å². The second-order valence-corrected chi connectivity index (χ2v) is 9.25. The highest BCUT2D eigenvalue weighted by Crippen LogP contribution is 2.26. The number of carbonyl (C=O) groups excluding carboxylic acids is 2. The van der Waals surface area contributed by atoms with Crippen molar-refractivity contribution < 1.29 is 18.7 Å². The number of methoxy groups -OCH3 is 1. The Morgan fingerprint density at radius 3 is 2.91 bits per heavy atom. The van der Waals surface area contributed by atoms with Crippen molar-refractivity contribution in [2.45, 2.75) is 45.3 Å². The van der Waals surface area contributed by atoms with Crippen molar-refractivity contribution in [1.82, 2.24) is 24.9 Å². The number of rotatable bonds is 8. The molecule has 9 heteroatoms. The summed E-state index contributed by atoms with van der Waals surface area (Å²) in [6, 6.07) is 9.73. The number of hydrogen-bond donors (Lipinski definition) is 1. The van der Waals surface area contributed by atoms with Crippen LogP contribution in [0.5, 0.6) is 0 Å². The number of nitrogens with one attached hydrogen (secondary N) is 1. The van der Waals surface area contributed by atoms with E-state index >= 15 is 0 Å². The molecular formula is C26H33N5O4. The largest absolute Gasteiger partial charge is 0.451 e. The quantitative estimate of drug-likeness (QED) is 0.534. The number of amides is 2. The Bertz CT molecular complexity index is 1180. The van der Waals surface area contributed by atoms with Crippen molar-refractivity contribution in [1.29, 1.82) is 0 Å². The highest BCUT2D eigenvalue weighted by molar-refractivity contribution is 5.97. The first kappa shape index (κ1) is 23.6. The van der Waals surface area contributed by atoms with Gasteiger partial charge in [0.15, 0.2) is 11.5 Å². The molecule has 1 saturated heterocycles. The van der Waals surface area contributed by atoms with E-state index in [4.69, 9.17) is 9.15 Å². The van der Waals surface area contributed by atoms with Crippen molar-refractivity contribution in [2.75, 3.05) is 39.9 Å². The Morgan fingerprint density at radius 2 is 2.11 bits per heavy atom. The van der Waals surface area contributed by atoms with E-state index in [1.54, 1.807) is 18.1 Å². The van der Waals surface area contributed by atoms with Crippen molar-refractivity contribution in [3.05, 3.63) is 53.0 Å². The van der Waals surface area contributed by atoms with E-state index in [1.165, 1.54) is 0 Å². The van der Waals surface area contributed by atoms with Gasteiger partial charge in [-0.1, -0.05) is 25.1 Å². The van der Waals surface area contributed by atoms with Crippen LogP contribution in [0.15, 0.2) is 34.7 Å². The van der Waals surface area contributed by atoms with Gasteiger partial charge in [-0.3, -0.25) is 19.2 Å². The predicted molar refractivity (Wildman–Crippen MR) is 131 cm³/mol. The van der Waals surface area contributed by atoms with E-state index in [0.29, 0.717) is 62.3 Å². The first-order valence-electron chi connectivity index (χ1n) is 12.5. The molecule has 4 heterocycles. The first-order valence-corrected chi connectivity index (χ1v) is 12.5. The minimum absolute atomic E-state index is 0.174. The van der Waals surface area contributed by atoms with Crippen LogP contribution < -0.4 is 5.32 Å². The lowest BCUT2D eigenvalue weighted by Gasteiger charge is -2.27. The van der Waals surface area contributed by atoms with Gasteiger partial charge in [-0.15, -0.1) is 0 Å². The number of furan rings is 1. The summed E-state index contributed by atoms with van der Waals surface area (Å²) in [6.07, 6.45) is 2.88. The van der Waals surface area contributed by atoms with Gasteiger partial charge in [-0.05, 0) is 38.1 Å². The highest BCUT2D eigenvalue weighted by atomic mass is 16.5. The Labute approximate surface area is 205 Å². The molecule has 1 unspecified atom stereocenters. The molecule has 1 aromatic carbocycles. The van der Waals surface area contributed by atoms with Crippen LogP contribution in [0.4, 0.5) is 0 Å². The lowest BCUT2D eigenvalue weighted by Crippen LogP contribution is -2.41. The molecule has 0 radical (unpaired) electrons. The van der Waals surface area contributed by atoms with Gasteiger partial charge in [0.25, 0.3) is 11.8 Å². The summed E-state index contributed by atoms with van der Waals surface area (Å²) in [5, 5.41) is 8.67. The van der Waals surface area contributed by atoms with E-state index in [0.717, 1.165) is 42.6 Å². The van der Waals surface area contributed by atoms with Crippen LogP contribution in [0.25, 0.3) is 11.0 Å². The van der Waals surface area contributed by atoms with Gasteiger partial charge >= 0.3 is 0 Å². The summed E-state index contributed by atoms with van der Waals surface area (Å²) in [6.45, 7) is 6.76. The summed E-state index contributed by atoms with van der Waals surface area (Å²) < 4.78 is 12.9. The standard InChI is InChI=1S/C26H33N5O4/c1-3-29-11-6-8-19(29)16-27-25(32)24-20-17-30(12-10-21(20)31(28-24)13-14-34-2)26(33)23-15-18-7-4-5-9-22(18)35-23/h4-5,7,9,15,19H,3,6,8,10-14,16-17H2,1-2H3,(H,27,32). The SMILES string of the molecule is CCN1CCCC1CNC(=O)c1nn(CCOC)c2c1CN(C(=O)c1cc3ccccc3o1)CC2. The molecule has 0 saturated carbocycles. The Balaban J connectivity index is 1.36. The van der Waals surface area contributed by atoms with Gasteiger partial charge in [0.05, 0.1) is 19.7 Å². The lowest BCUT2D eigenvalue weighted by molar-refractivity contribution is 0.0700. The molecule has 2 aromatic heterocycles. The molecular weight excluding hydrogens is 446 g/mol. The number of likely N-dealkylation sites (tertiary alicyclic amines) is 1. The van der Waals surface area contributed by atoms with Crippen molar-refractivity contribution >= 4 is 22.8 Å². The molecule has 35 heavy (non-hydrogen) atoms. The van der Waals surface area contributed by atoms with E-state index in [9.17, 15) is 9.59 Å². The van der Waals surface area contributed by atoms with Crippen LogP contribution >= 0.6 is 0 Å². The summed E-state index contributed by atoms with van der Waals surface area (Å²) in [5.41, 5.74) is 2.90. The minimum atomic E-state index is -0.182. The van der Waals surface area contributed by atoms with Gasteiger partial charge in [0.1, 0.15) is 5.58 Å². The molecule has 1 N–H and O–H groups in total. The summed E-state index contributed by atoms with van der Waals surface area (Å²) >= 11 is 0. The van der Waals surface area contributed by atoms with Gasteiger partial charge in [0.2, 0.25) is 0 Å². The summed E-state index contributed by atoms with van der Waals surface area (Å²) in [7, 11) is 1.65. The second-order valence-electron chi connectivity index (χ2n) is 9.25. The number of ether oxygens (including phenoxy) is 1. The molecule has 186 valence electrons. The average Bonchev–Trinajstić information content (AvgIpc) is 3.61. The van der Waals surface area contributed by atoms with Gasteiger partial charge < -0.3 is 19.4 Å². The zero-order valence-corrected chi connectivity index (χ0v) is 20.5. The fraction of sp³-hybridized carbons (Fsp3) is 0.500. The summed E-state index contributed by atoms with van der Waals surface area (Å²) in [4.78, 5) is 30.7. The number of likely N-dealkylation sites (N-methyl/N-ethyl adjacent to an activating group) is 1. The normalized spacial score (nSPS) is 18.2.